The lowest BCUT2D eigenvalue weighted by molar-refractivity contribution is 0.102. The van der Waals surface area contributed by atoms with Gasteiger partial charge in [-0.15, -0.1) is 0 Å². The molecule has 0 atom stereocenters. The molecule has 4 aromatic carbocycles. The summed E-state index contributed by atoms with van der Waals surface area (Å²) in [5, 5.41) is 3.74. The van der Waals surface area contributed by atoms with E-state index in [4.69, 9.17) is 11.6 Å². The van der Waals surface area contributed by atoms with Crippen LogP contribution in [0, 0.1) is 0 Å². The monoisotopic (exact) mass is 383 g/mol. The van der Waals surface area contributed by atoms with Gasteiger partial charge in [0.05, 0.1) is 0 Å². The molecule has 4 aromatic rings. The van der Waals surface area contributed by atoms with Gasteiger partial charge in [-0.25, -0.2) is 0 Å². The maximum absolute atomic E-state index is 12.7. The van der Waals surface area contributed by atoms with E-state index >= 15 is 0 Å². The molecule has 2 nitrogen and oxygen atoms in total. The van der Waals surface area contributed by atoms with Crippen molar-refractivity contribution in [3.8, 4) is 22.3 Å². The summed E-state index contributed by atoms with van der Waals surface area (Å²) in [7, 11) is 0. The van der Waals surface area contributed by atoms with Crippen LogP contribution in [0.2, 0.25) is 5.02 Å². The average Bonchev–Trinajstić information content (AvgIpc) is 2.75. The molecule has 0 aliphatic rings. The van der Waals surface area contributed by atoms with Crippen molar-refractivity contribution in [2.75, 3.05) is 5.32 Å². The van der Waals surface area contributed by atoms with Crippen molar-refractivity contribution in [1.82, 2.24) is 0 Å². The van der Waals surface area contributed by atoms with Gasteiger partial charge in [0.1, 0.15) is 0 Å². The highest BCUT2D eigenvalue weighted by Gasteiger charge is 2.13. The summed E-state index contributed by atoms with van der Waals surface area (Å²) in [6, 6.07) is 33.0. The van der Waals surface area contributed by atoms with Gasteiger partial charge in [0.15, 0.2) is 0 Å². The summed E-state index contributed by atoms with van der Waals surface area (Å²) in [5.41, 5.74) is 5.49. The van der Waals surface area contributed by atoms with Gasteiger partial charge in [0, 0.05) is 21.8 Å². The highest BCUT2D eigenvalue weighted by atomic mass is 35.5. The summed E-state index contributed by atoms with van der Waals surface area (Å²) in [6.45, 7) is 0. The molecular formula is C25H18ClNO. The zero-order chi connectivity index (χ0) is 19.3. The number of hydrogen-bond acceptors (Lipinski definition) is 1. The first-order valence-corrected chi connectivity index (χ1v) is 9.41. The van der Waals surface area contributed by atoms with Crippen molar-refractivity contribution < 1.29 is 4.79 Å². The van der Waals surface area contributed by atoms with Crippen molar-refractivity contribution in [3.63, 3.8) is 0 Å². The largest absolute Gasteiger partial charge is 0.321 e. The number of amides is 1. The lowest BCUT2D eigenvalue weighted by atomic mass is 9.93. The van der Waals surface area contributed by atoms with Gasteiger partial charge < -0.3 is 5.32 Å². The molecule has 0 aliphatic carbocycles. The summed E-state index contributed by atoms with van der Waals surface area (Å²) in [4.78, 5) is 12.7. The Balaban J connectivity index is 1.77. The molecule has 0 aromatic heterocycles. The Morgan fingerprint density at radius 1 is 0.643 bits per heavy atom. The van der Waals surface area contributed by atoms with Gasteiger partial charge >= 0.3 is 0 Å². The van der Waals surface area contributed by atoms with Crippen molar-refractivity contribution in [2.24, 2.45) is 0 Å². The van der Waals surface area contributed by atoms with Crippen molar-refractivity contribution in [2.45, 2.75) is 0 Å². The van der Waals surface area contributed by atoms with E-state index in [0.717, 1.165) is 27.9 Å². The lowest BCUT2D eigenvalue weighted by Crippen LogP contribution is -2.12. The zero-order valence-corrected chi connectivity index (χ0v) is 15.9. The second-order valence-electron chi connectivity index (χ2n) is 6.42. The van der Waals surface area contributed by atoms with Gasteiger partial charge in [-0.3, -0.25) is 4.79 Å². The third-order valence-electron chi connectivity index (χ3n) is 4.56. The molecule has 3 heteroatoms. The van der Waals surface area contributed by atoms with Crippen molar-refractivity contribution >= 4 is 23.2 Å². The standard InChI is InChI=1S/C25H18ClNO/c26-20-12-8-11-19(17-20)21-13-4-5-14-22(21)23-15-6-7-16-24(23)27-25(28)18-9-2-1-3-10-18/h1-17H,(H,27,28). The Bertz CT molecular complexity index is 1120. The first kappa shape index (κ1) is 18.0. The number of carbonyl (C=O) groups excluding carboxylic acids is 1. The highest BCUT2D eigenvalue weighted by molar-refractivity contribution is 6.30. The van der Waals surface area contributed by atoms with Crippen LogP contribution < -0.4 is 5.32 Å². The second-order valence-corrected chi connectivity index (χ2v) is 6.86. The van der Waals surface area contributed by atoms with Crippen molar-refractivity contribution in [3.05, 3.63) is 114 Å². The lowest BCUT2D eigenvalue weighted by Gasteiger charge is -2.15. The minimum atomic E-state index is -0.131. The summed E-state index contributed by atoms with van der Waals surface area (Å²) >= 11 is 6.20. The predicted octanol–water partition coefficient (Wildman–Crippen LogP) is 6.93. The number of anilines is 1. The molecule has 4 rings (SSSR count). The van der Waals surface area contributed by atoms with Crippen molar-refractivity contribution in [1.29, 1.82) is 0 Å². The Labute approximate surface area is 169 Å². The molecule has 1 N–H and O–H groups in total. The number of nitrogens with one attached hydrogen (secondary N) is 1. The topological polar surface area (TPSA) is 29.1 Å². The van der Waals surface area contributed by atoms with Crippen LogP contribution in [-0.2, 0) is 0 Å². The van der Waals surface area contributed by atoms with Crippen LogP contribution in [-0.4, -0.2) is 5.91 Å². The molecular weight excluding hydrogens is 366 g/mol. The van der Waals surface area contributed by atoms with Gasteiger partial charge in [0.25, 0.3) is 5.91 Å². The maximum atomic E-state index is 12.7. The summed E-state index contributed by atoms with van der Waals surface area (Å²) in [5.74, 6) is -0.131. The Hall–Kier alpha value is -3.36. The molecule has 0 aliphatic heterocycles. The fraction of sp³-hybridized carbons (Fsp3) is 0. The second kappa shape index (κ2) is 8.12. The molecule has 1 amide bonds. The molecule has 0 unspecified atom stereocenters. The van der Waals surface area contributed by atoms with E-state index in [1.54, 1.807) is 12.1 Å². The zero-order valence-electron chi connectivity index (χ0n) is 15.1. The third kappa shape index (κ3) is 3.83. The molecule has 0 saturated heterocycles. The maximum Gasteiger partial charge on any atom is 0.255 e. The van der Waals surface area contributed by atoms with E-state index < -0.39 is 0 Å². The first-order valence-electron chi connectivity index (χ1n) is 9.03. The van der Waals surface area contributed by atoms with Gasteiger partial charge in [-0.2, -0.15) is 0 Å². The summed E-state index contributed by atoms with van der Waals surface area (Å²) in [6.07, 6.45) is 0. The van der Waals surface area contributed by atoms with E-state index in [1.807, 2.05) is 78.9 Å². The molecule has 136 valence electrons. The van der Waals surface area contributed by atoms with Crippen LogP contribution >= 0.6 is 11.6 Å². The molecule has 0 bridgehead atoms. The molecule has 0 radical (unpaired) electrons. The van der Waals surface area contributed by atoms with Crippen LogP contribution in [0.4, 0.5) is 5.69 Å². The van der Waals surface area contributed by atoms with E-state index in [-0.39, 0.29) is 5.91 Å². The van der Waals surface area contributed by atoms with Gasteiger partial charge in [0.2, 0.25) is 0 Å². The average molecular weight is 384 g/mol. The third-order valence-corrected chi connectivity index (χ3v) is 4.80. The van der Waals surface area contributed by atoms with E-state index in [1.165, 1.54) is 0 Å². The number of rotatable bonds is 4. The van der Waals surface area contributed by atoms with Crippen LogP contribution in [0.25, 0.3) is 22.3 Å². The number of hydrogen-bond donors (Lipinski definition) is 1. The van der Waals surface area contributed by atoms with Gasteiger partial charge in [-0.05, 0) is 47.0 Å². The molecule has 0 saturated carbocycles. The van der Waals surface area contributed by atoms with E-state index in [9.17, 15) is 4.79 Å². The summed E-state index contributed by atoms with van der Waals surface area (Å²) < 4.78 is 0. The molecule has 28 heavy (non-hydrogen) atoms. The normalized spacial score (nSPS) is 10.5. The number of benzene rings is 4. The highest BCUT2D eigenvalue weighted by Crippen LogP contribution is 2.36. The molecule has 0 spiro atoms. The van der Waals surface area contributed by atoms with Crippen LogP contribution in [0.1, 0.15) is 10.4 Å². The van der Waals surface area contributed by atoms with Crippen LogP contribution in [0.15, 0.2) is 103 Å². The van der Waals surface area contributed by atoms with E-state index in [0.29, 0.717) is 10.6 Å². The Morgan fingerprint density at radius 2 is 1.29 bits per heavy atom. The smallest absolute Gasteiger partial charge is 0.255 e. The van der Waals surface area contributed by atoms with Crippen LogP contribution in [0.5, 0.6) is 0 Å². The van der Waals surface area contributed by atoms with E-state index in [2.05, 4.69) is 17.4 Å². The minimum absolute atomic E-state index is 0.131. The van der Waals surface area contributed by atoms with Crippen LogP contribution in [0.3, 0.4) is 0 Å². The van der Waals surface area contributed by atoms with Gasteiger partial charge in [-0.1, -0.05) is 84.4 Å². The fourth-order valence-electron chi connectivity index (χ4n) is 3.24. The molecule has 0 fully saturated rings. The number of halogens is 1. The predicted molar refractivity (Wildman–Crippen MR) is 117 cm³/mol. The first-order chi connectivity index (χ1) is 13.7. The Kier molecular flexibility index (Phi) is 5.22. The quantitative estimate of drug-likeness (QED) is 0.407. The number of para-hydroxylation sites is 1. The SMILES string of the molecule is O=C(Nc1ccccc1-c1ccccc1-c1cccc(Cl)c1)c1ccccc1. The Morgan fingerprint density at radius 3 is 2.04 bits per heavy atom. The number of carbonyl (C=O) groups is 1. The fourth-order valence-corrected chi connectivity index (χ4v) is 3.43. The minimum Gasteiger partial charge on any atom is -0.321 e. The molecule has 0 heterocycles.